The quantitative estimate of drug-likeness (QED) is 0.669. The number of anilines is 2. The predicted molar refractivity (Wildman–Crippen MR) is 88.2 cm³/mol. The number of amides is 1. The van der Waals surface area contributed by atoms with Crippen LogP contribution >= 0.6 is 0 Å². The Morgan fingerprint density at radius 3 is 2.65 bits per heavy atom. The summed E-state index contributed by atoms with van der Waals surface area (Å²) in [4.78, 5) is 26.7. The summed E-state index contributed by atoms with van der Waals surface area (Å²) in [5.41, 5.74) is 5.86. The highest BCUT2D eigenvalue weighted by molar-refractivity contribution is 6.10. The van der Waals surface area contributed by atoms with Crippen molar-refractivity contribution in [2.24, 2.45) is 0 Å². The number of nitrogen functional groups attached to an aromatic ring is 1. The fourth-order valence-corrected chi connectivity index (χ4v) is 3.04. The second-order valence-electron chi connectivity index (χ2n) is 5.65. The molecule has 1 aliphatic heterocycles. The molecule has 5 nitrogen and oxygen atoms in total. The molecule has 2 aromatic carbocycles. The van der Waals surface area contributed by atoms with Crippen LogP contribution in [0.1, 0.15) is 29.3 Å². The van der Waals surface area contributed by atoms with Crippen LogP contribution < -0.4 is 10.6 Å². The van der Waals surface area contributed by atoms with Crippen LogP contribution in [0, 0.1) is 0 Å². The van der Waals surface area contributed by atoms with Crippen molar-refractivity contribution >= 4 is 23.1 Å². The van der Waals surface area contributed by atoms with E-state index in [4.69, 9.17) is 5.73 Å². The zero-order valence-corrected chi connectivity index (χ0v) is 12.8. The third-order valence-electron chi connectivity index (χ3n) is 4.18. The molecule has 3 N–H and O–H groups in total. The standard InChI is InChI=1S/C18H18N2O3/c1-2-20-15-9-4-3-8-14(15)18(23,17(20)22)11-16(21)12-6-5-7-13(19)10-12/h3-10,23H,2,11,19H2,1H3/t18-/m1/s1. The number of Topliss-reactive ketones (excluding diaryl/α,β-unsaturated/α-hetero) is 1. The van der Waals surface area contributed by atoms with Crippen LogP contribution in [-0.2, 0) is 10.4 Å². The number of carbonyl (C=O) groups is 2. The normalized spacial score (nSPS) is 19.7. The number of nitrogens with zero attached hydrogens (tertiary/aromatic N) is 1. The number of fused-ring (bicyclic) bond motifs is 1. The van der Waals surface area contributed by atoms with E-state index in [1.807, 2.05) is 6.92 Å². The molecule has 1 atom stereocenters. The summed E-state index contributed by atoms with van der Waals surface area (Å²) in [6, 6.07) is 13.6. The zero-order chi connectivity index (χ0) is 16.6. The molecular weight excluding hydrogens is 292 g/mol. The molecule has 0 radical (unpaired) electrons. The van der Waals surface area contributed by atoms with Gasteiger partial charge in [-0.15, -0.1) is 0 Å². The van der Waals surface area contributed by atoms with Crippen molar-refractivity contribution < 1.29 is 14.7 Å². The Hall–Kier alpha value is -2.66. The molecule has 1 amide bonds. The second kappa shape index (κ2) is 5.52. The van der Waals surface area contributed by atoms with E-state index < -0.39 is 11.5 Å². The van der Waals surface area contributed by atoms with Gasteiger partial charge in [0.1, 0.15) is 0 Å². The fraction of sp³-hybridized carbons (Fsp3) is 0.222. The van der Waals surface area contributed by atoms with Crippen LogP contribution in [0.3, 0.4) is 0 Å². The third kappa shape index (κ3) is 2.39. The molecule has 118 valence electrons. The first-order chi connectivity index (χ1) is 11.0. The van der Waals surface area contributed by atoms with E-state index in [2.05, 4.69) is 0 Å². The van der Waals surface area contributed by atoms with Crippen molar-refractivity contribution in [2.45, 2.75) is 18.9 Å². The van der Waals surface area contributed by atoms with Gasteiger partial charge in [-0.2, -0.15) is 0 Å². The molecule has 0 aliphatic carbocycles. The number of carbonyl (C=O) groups excluding carboxylic acids is 2. The lowest BCUT2D eigenvalue weighted by Crippen LogP contribution is -2.41. The minimum Gasteiger partial charge on any atom is -0.399 e. The average Bonchev–Trinajstić information content (AvgIpc) is 2.75. The Balaban J connectivity index is 1.98. The highest BCUT2D eigenvalue weighted by Gasteiger charge is 2.50. The van der Waals surface area contributed by atoms with Gasteiger partial charge < -0.3 is 15.7 Å². The minimum absolute atomic E-state index is 0.303. The predicted octanol–water partition coefficient (Wildman–Crippen LogP) is 2.10. The van der Waals surface area contributed by atoms with Gasteiger partial charge in [-0.05, 0) is 25.1 Å². The Morgan fingerprint density at radius 1 is 1.22 bits per heavy atom. The number of rotatable bonds is 4. The lowest BCUT2D eigenvalue weighted by Gasteiger charge is -2.22. The van der Waals surface area contributed by atoms with Crippen molar-refractivity contribution in [3.05, 3.63) is 59.7 Å². The zero-order valence-electron chi connectivity index (χ0n) is 12.8. The molecule has 0 aromatic heterocycles. The first-order valence-electron chi connectivity index (χ1n) is 7.50. The van der Waals surface area contributed by atoms with Crippen LogP contribution in [0.2, 0.25) is 0 Å². The first-order valence-corrected chi connectivity index (χ1v) is 7.50. The summed E-state index contributed by atoms with van der Waals surface area (Å²) >= 11 is 0. The maximum atomic E-state index is 12.6. The first kappa shape index (κ1) is 15.2. The molecule has 0 bridgehead atoms. The maximum absolute atomic E-state index is 12.6. The van der Waals surface area contributed by atoms with E-state index in [0.29, 0.717) is 29.0 Å². The lowest BCUT2D eigenvalue weighted by molar-refractivity contribution is -0.135. The monoisotopic (exact) mass is 310 g/mol. The molecule has 1 aliphatic rings. The van der Waals surface area contributed by atoms with Crippen LogP contribution in [0.4, 0.5) is 11.4 Å². The van der Waals surface area contributed by atoms with E-state index in [1.165, 1.54) is 4.90 Å². The molecule has 0 saturated carbocycles. The highest BCUT2D eigenvalue weighted by Crippen LogP contribution is 2.42. The van der Waals surface area contributed by atoms with E-state index in [1.54, 1.807) is 48.5 Å². The summed E-state index contributed by atoms with van der Waals surface area (Å²) in [7, 11) is 0. The van der Waals surface area contributed by atoms with Gasteiger partial charge in [0.25, 0.3) is 5.91 Å². The Kier molecular flexibility index (Phi) is 3.66. The Morgan fingerprint density at radius 2 is 1.96 bits per heavy atom. The molecule has 0 unspecified atom stereocenters. The Bertz CT molecular complexity index is 787. The SMILES string of the molecule is CCN1C(=O)[C@@](O)(CC(=O)c2cccc(N)c2)c2ccccc21. The second-order valence-corrected chi connectivity index (χ2v) is 5.65. The smallest absolute Gasteiger partial charge is 0.264 e. The van der Waals surface area contributed by atoms with Crippen LogP contribution in [0.5, 0.6) is 0 Å². The van der Waals surface area contributed by atoms with Gasteiger partial charge in [-0.3, -0.25) is 9.59 Å². The number of ketones is 1. The number of nitrogens with two attached hydrogens (primary N) is 1. The number of benzene rings is 2. The summed E-state index contributed by atoms with van der Waals surface area (Å²) in [6.07, 6.45) is -0.303. The number of hydrogen-bond donors (Lipinski definition) is 2. The van der Waals surface area contributed by atoms with Gasteiger partial charge in [-0.1, -0.05) is 30.3 Å². The summed E-state index contributed by atoms with van der Waals surface area (Å²) in [5.74, 6) is -0.778. The van der Waals surface area contributed by atoms with Crippen LogP contribution in [0.25, 0.3) is 0 Å². The molecule has 0 saturated heterocycles. The van der Waals surface area contributed by atoms with Gasteiger partial charge in [0, 0.05) is 23.4 Å². The topological polar surface area (TPSA) is 83.6 Å². The molecule has 5 heteroatoms. The van der Waals surface area contributed by atoms with Crippen molar-refractivity contribution in [2.75, 3.05) is 17.2 Å². The largest absolute Gasteiger partial charge is 0.399 e. The number of para-hydroxylation sites is 1. The summed E-state index contributed by atoms with van der Waals surface area (Å²) < 4.78 is 0. The minimum atomic E-state index is -1.83. The van der Waals surface area contributed by atoms with Gasteiger partial charge in [0.05, 0.1) is 12.1 Å². The number of likely N-dealkylation sites (N-methyl/N-ethyl adjacent to an activating group) is 1. The fourth-order valence-electron chi connectivity index (χ4n) is 3.04. The van der Waals surface area contributed by atoms with Gasteiger partial charge in [0.2, 0.25) is 0 Å². The van der Waals surface area contributed by atoms with E-state index in [9.17, 15) is 14.7 Å². The molecule has 2 aromatic rings. The number of aliphatic hydroxyl groups is 1. The maximum Gasteiger partial charge on any atom is 0.264 e. The average molecular weight is 310 g/mol. The molecule has 3 rings (SSSR count). The number of hydrogen-bond acceptors (Lipinski definition) is 4. The third-order valence-corrected chi connectivity index (χ3v) is 4.18. The van der Waals surface area contributed by atoms with E-state index in [0.717, 1.165) is 0 Å². The van der Waals surface area contributed by atoms with Crippen molar-refractivity contribution in [3.8, 4) is 0 Å². The molecule has 1 heterocycles. The van der Waals surface area contributed by atoms with Crippen molar-refractivity contribution in [1.29, 1.82) is 0 Å². The molecule has 0 spiro atoms. The lowest BCUT2D eigenvalue weighted by atomic mass is 9.88. The van der Waals surface area contributed by atoms with Gasteiger partial charge >= 0.3 is 0 Å². The van der Waals surface area contributed by atoms with Gasteiger partial charge in [0.15, 0.2) is 11.4 Å². The van der Waals surface area contributed by atoms with Crippen LogP contribution in [-0.4, -0.2) is 23.3 Å². The van der Waals surface area contributed by atoms with Crippen LogP contribution in [0.15, 0.2) is 48.5 Å². The summed E-state index contributed by atoms with van der Waals surface area (Å²) in [5, 5.41) is 11.0. The molecular formula is C18H18N2O3. The summed E-state index contributed by atoms with van der Waals surface area (Å²) in [6.45, 7) is 2.27. The van der Waals surface area contributed by atoms with Crippen molar-refractivity contribution in [3.63, 3.8) is 0 Å². The molecule has 23 heavy (non-hydrogen) atoms. The molecule has 0 fully saturated rings. The van der Waals surface area contributed by atoms with Gasteiger partial charge in [-0.25, -0.2) is 0 Å². The van der Waals surface area contributed by atoms with Crippen molar-refractivity contribution in [1.82, 2.24) is 0 Å². The van der Waals surface area contributed by atoms with E-state index in [-0.39, 0.29) is 12.2 Å². The Labute approximate surface area is 134 Å². The highest BCUT2D eigenvalue weighted by atomic mass is 16.3. The van der Waals surface area contributed by atoms with E-state index >= 15 is 0 Å².